The van der Waals surface area contributed by atoms with Gasteiger partial charge in [0.2, 0.25) is 0 Å². The van der Waals surface area contributed by atoms with Crippen molar-refractivity contribution in [2.45, 2.75) is 155 Å². The van der Waals surface area contributed by atoms with E-state index in [4.69, 9.17) is 8.69 Å². The van der Waals surface area contributed by atoms with Crippen molar-refractivity contribution in [2.24, 2.45) is 0 Å². The third-order valence-electron chi connectivity index (χ3n) is 7.77. The molecule has 0 fully saturated rings. The van der Waals surface area contributed by atoms with E-state index in [1.165, 1.54) is 119 Å². The van der Waals surface area contributed by atoms with Gasteiger partial charge in [0.15, 0.2) is 16.6 Å². The molecule has 0 heterocycles. The summed E-state index contributed by atoms with van der Waals surface area (Å²) in [6, 6.07) is 16.6. The summed E-state index contributed by atoms with van der Waals surface area (Å²) >= 11 is 3.66. The van der Waals surface area contributed by atoms with Crippen LogP contribution in [0.2, 0.25) is 36.3 Å². The lowest BCUT2D eigenvalue weighted by Gasteiger charge is -2.40. The molecule has 0 saturated heterocycles. The van der Waals surface area contributed by atoms with Crippen LogP contribution < -0.4 is 5.46 Å². The standard InChI is InChI=1S/C30H58BBrO2Si2/c1-7-13-23-35(24-14-8-2,25-15-9-3)33-31(29-19-21-30(32)22-20-29)34-36(26-16-10-4,27-17-11-5)28-18-12-6/h19-22H,7-18,23-28H2,1-6H3. The van der Waals surface area contributed by atoms with E-state index in [1.54, 1.807) is 0 Å². The maximum atomic E-state index is 7.50. The summed E-state index contributed by atoms with van der Waals surface area (Å²) in [5.74, 6) is 0. The SMILES string of the molecule is CCCC[Si](CCCC)(CCCC)OB(O[Si](CCCC)(CCCC)CCCC)c1ccc(Br)cc1. The predicted molar refractivity (Wildman–Crippen MR) is 171 cm³/mol. The van der Waals surface area contributed by atoms with E-state index in [2.05, 4.69) is 81.7 Å². The normalized spacial score (nSPS) is 12.3. The van der Waals surface area contributed by atoms with Crippen LogP contribution in [-0.2, 0) is 8.69 Å². The van der Waals surface area contributed by atoms with Crippen molar-refractivity contribution in [3.05, 3.63) is 28.7 Å². The summed E-state index contributed by atoms with van der Waals surface area (Å²) in [5.41, 5.74) is 1.24. The van der Waals surface area contributed by atoms with Gasteiger partial charge in [-0.2, -0.15) is 0 Å². The van der Waals surface area contributed by atoms with Crippen molar-refractivity contribution >= 4 is 45.1 Å². The summed E-state index contributed by atoms with van der Waals surface area (Å²) in [6.45, 7) is 14.0. The topological polar surface area (TPSA) is 18.5 Å². The highest BCUT2D eigenvalue weighted by Crippen LogP contribution is 2.34. The zero-order valence-corrected chi connectivity index (χ0v) is 28.4. The lowest BCUT2D eigenvalue weighted by molar-refractivity contribution is 0.403. The molecule has 208 valence electrons. The predicted octanol–water partition coefficient (Wildman–Crippen LogP) is 10.9. The summed E-state index contributed by atoms with van der Waals surface area (Å²) in [7, 11) is -4.04. The van der Waals surface area contributed by atoms with Crippen molar-refractivity contribution in [3.63, 3.8) is 0 Å². The van der Waals surface area contributed by atoms with Gasteiger partial charge in [-0.15, -0.1) is 0 Å². The molecule has 0 N–H and O–H groups in total. The number of hydrogen-bond donors (Lipinski definition) is 0. The van der Waals surface area contributed by atoms with E-state index in [-0.39, 0.29) is 7.12 Å². The van der Waals surface area contributed by atoms with Crippen LogP contribution in [0.5, 0.6) is 0 Å². The van der Waals surface area contributed by atoms with Crippen LogP contribution in [0, 0.1) is 0 Å². The monoisotopic (exact) mass is 596 g/mol. The van der Waals surface area contributed by atoms with Crippen molar-refractivity contribution in [3.8, 4) is 0 Å². The smallest absolute Gasteiger partial charge is 0.449 e. The van der Waals surface area contributed by atoms with Crippen LogP contribution >= 0.6 is 15.9 Å². The summed E-state index contributed by atoms with van der Waals surface area (Å²) in [5, 5.41) is 0. The average molecular weight is 598 g/mol. The first-order chi connectivity index (χ1) is 17.4. The Bertz CT molecular complexity index is 581. The zero-order chi connectivity index (χ0) is 26.7. The second-order valence-electron chi connectivity index (χ2n) is 11.1. The fraction of sp³-hybridized carbons (Fsp3) is 0.800. The van der Waals surface area contributed by atoms with Gasteiger partial charge in [0.25, 0.3) is 0 Å². The summed E-state index contributed by atoms with van der Waals surface area (Å²) in [6.07, 6.45) is 15.2. The first kappa shape index (κ1) is 34.1. The fourth-order valence-electron chi connectivity index (χ4n) is 5.33. The lowest BCUT2D eigenvalue weighted by atomic mass is 9.80. The maximum absolute atomic E-state index is 7.50. The highest BCUT2D eigenvalue weighted by molar-refractivity contribution is 9.10. The quantitative estimate of drug-likeness (QED) is 0.117. The molecular weight excluding hydrogens is 539 g/mol. The van der Waals surface area contributed by atoms with E-state index in [0.29, 0.717) is 0 Å². The van der Waals surface area contributed by atoms with Crippen LogP contribution in [0.4, 0.5) is 0 Å². The molecule has 0 unspecified atom stereocenters. The van der Waals surface area contributed by atoms with Crippen molar-refractivity contribution in [2.75, 3.05) is 0 Å². The molecule has 2 nitrogen and oxygen atoms in total. The Morgan fingerprint density at radius 3 is 1.06 bits per heavy atom. The fourth-order valence-corrected chi connectivity index (χ4v) is 15.2. The van der Waals surface area contributed by atoms with Gasteiger partial charge in [-0.3, -0.25) is 0 Å². The molecule has 6 heteroatoms. The Hall–Kier alpha value is 0.119. The van der Waals surface area contributed by atoms with Crippen LogP contribution in [-0.4, -0.2) is 23.8 Å². The van der Waals surface area contributed by atoms with Gasteiger partial charge in [0.1, 0.15) is 0 Å². The molecule has 1 aromatic rings. The first-order valence-corrected chi connectivity index (χ1v) is 21.4. The van der Waals surface area contributed by atoms with Gasteiger partial charge < -0.3 is 8.69 Å². The molecule has 0 aliphatic carbocycles. The van der Waals surface area contributed by atoms with Crippen LogP contribution in [0.3, 0.4) is 0 Å². The highest BCUT2D eigenvalue weighted by Gasteiger charge is 2.43. The molecule has 0 aliphatic rings. The molecule has 0 atom stereocenters. The molecule has 0 radical (unpaired) electrons. The third-order valence-corrected chi connectivity index (χ3v) is 17.3. The van der Waals surface area contributed by atoms with E-state index >= 15 is 0 Å². The maximum Gasteiger partial charge on any atom is 0.472 e. The van der Waals surface area contributed by atoms with Gasteiger partial charge in [0, 0.05) is 4.47 Å². The van der Waals surface area contributed by atoms with Gasteiger partial charge >= 0.3 is 7.12 Å². The molecule has 0 saturated carbocycles. The zero-order valence-electron chi connectivity index (χ0n) is 24.8. The molecule has 0 amide bonds. The molecule has 0 aliphatic heterocycles. The van der Waals surface area contributed by atoms with Crippen LogP contribution in [0.15, 0.2) is 28.7 Å². The average Bonchev–Trinajstić information content (AvgIpc) is 2.90. The molecule has 1 rings (SSSR count). The number of hydrogen-bond acceptors (Lipinski definition) is 2. The minimum absolute atomic E-state index is 0.187. The van der Waals surface area contributed by atoms with Gasteiger partial charge in [-0.25, -0.2) is 0 Å². The Morgan fingerprint density at radius 2 is 0.806 bits per heavy atom. The number of benzene rings is 1. The van der Waals surface area contributed by atoms with E-state index in [0.717, 1.165) is 4.47 Å². The van der Waals surface area contributed by atoms with Gasteiger partial charge in [0.05, 0.1) is 0 Å². The summed E-state index contributed by atoms with van der Waals surface area (Å²) in [4.78, 5) is 0. The van der Waals surface area contributed by atoms with Gasteiger partial charge in [-0.05, 0) is 53.9 Å². The summed E-state index contributed by atoms with van der Waals surface area (Å²) < 4.78 is 16.1. The number of unbranched alkanes of at least 4 members (excludes halogenated alkanes) is 6. The van der Waals surface area contributed by atoms with Crippen molar-refractivity contribution < 1.29 is 8.69 Å². The third kappa shape index (κ3) is 12.8. The Morgan fingerprint density at radius 1 is 0.528 bits per heavy atom. The van der Waals surface area contributed by atoms with E-state index in [1.807, 2.05) is 0 Å². The largest absolute Gasteiger partial charge is 0.472 e. The first-order valence-electron chi connectivity index (χ1n) is 15.5. The van der Waals surface area contributed by atoms with Crippen LogP contribution in [0.25, 0.3) is 0 Å². The lowest BCUT2D eigenvalue weighted by Crippen LogP contribution is -2.55. The molecule has 0 spiro atoms. The second-order valence-corrected chi connectivity index (χ2v) is 20.2. The molecule has 0 bridgehead atoms. The van der Waals surface area contributed by atoms with Gasteiger partial charge in [-0.1, -0.05) is 147 Å². The Labute approximate surface area is 236 Å². The molecule has 1 aromatic carbocycles. The minimum atomic E-state index is -1.93. The Kier molecular flexibility index (Phi) is 19.0. The molecule has 36 heavy (non-hydrogen) atoms. The number of rotatable bonds is 23. The van der Waals surface area contributed by atoms with Crippen molar-refractivity contribution in [1.82, 2.24) is 0 Å². The van der Waals surface area contributed by atoms with E-state index < -0.39 is 16.6 Å². The highest BCUT2D eigenvalue weighted by atomic mass is 79.9. The minimum Gasteiger partial charge on any atom is -0.449 e. The van der Waals surface area contributed by atoms with Crippen LogP contribution in [0.1, 0.15) is 119 Å². The van der Waals surface area contributed by atoms with E-state index in [9.17, 15) is 0 Å². The molecule has 0 aromatic heterocycles. The molecular formula is C30H58BBrO2Si2. The number of halogens is 1. The second kappa shape index (κ2) is 20.1. The van der Waals surface area contributed by atoms with Crippen molar-refractivity contribution in [1.29, 1.82) is 0 Å². The Balaban J connectivity index is 3.48.